The minimum absolute atomic E-state index is 0.0227. The fourth-order valence-electron chi connectivity index (χ4n) is 11.4. The summed E-state index contributed by atoms with van der Waals surface area (Å²) in [4.78, 5) is 53.0. The first kappa shape index (κ1) is 55.9. The maximum atomic E-state index is 13.5. The number of carboxylic acid groups (broad SMARTS) is 1. The zero-order valence-electron chi connectivity index (χ0n) is 46.0. The topological polar surface area (TPSA) is 236 Å². The summed E-state index contributed by atoms with van der Waals surface area (Å²) in [6, 6.07) is 14.7. The number of carbonyl (C=O) groups is 2. The van der Waals surface area contributed by atoms with Gasteiger partial charge >= 0.3 is 5.97 Å². The highest BCUT2D eigenvalue weighted by Gasteiger charge is 2.54. The summed E-state index contributed by atoms with van der Waals surface area (Å²) >= 11 is 2.57. The minimum Gasteiger partial charge on any atom is -0.481 e. The van der Waals surface area contributed by atoms with Gasteiger partial charge in [-0.25, -0.2) is 38.1 Å². The number of nitrogens with zero attached hydrogens (tertiary/aromatic N) is 15. The van der Waals surface area contributed by atoms with Crippen LogP contribution in [0, 0.1) is 51.1 Å². The first-order chi connectivity index (χ1) is 39.7. The monoisotopic (exact) mass is 1150 g/mol. The van der Waals surface area contributed by atoms with Gasteiger partial charge in [-0.2, -0.15) is 20.7 Å². The summed E-state index contributed by atoms with van der Waals surface area (Å²) in [5, 5.41) is 43.6. The number of nitrogens with one attached hydrogen (secondary N) is 1. The van der Waals surface area contributed by atoms with Crippen molar-refractivity contribution in [2.75, 3.05) is 119 Å². The van der Waals surface area contributed by atoms with E-state index in [2.05, 4.69) is 66.0 Å². The van der Waals surface area contributed by atoms with Crippen LogP contribution in [0.25, 0.3) is 38.9 Å². The lowest BCUT2D eigenvalue weighted by atomic mass is 9.72. The van der Waals surface area contributed by atoms with Crippen molar-refractivity contribution in [2.24, 2.45) is 22.7 Å². The predicted octanol–water partition coefficient (Wildman–Crippen LogP) is 7.64. The second kappa shape index (κ2) is 23.1. The number of thiazole rings is 2. The van der Waals surface area contributed by atoms with E-state index in [4.69, 9.17) is 24.7 Å². The molecule has 25 heteroatoms. The Morgan fingerprint density at radius 2 is 1.35 bits per heavy atom. The van der Waals surface area contributed by atoms with Crippen LogP contribution in [-0.4, -0.2) is 161 Å². The summed E-state index contributed by atoms with van der Waals surface area (Å²) in [7, 11) is 3.83. The SMILES string of the molecule is C=C(/C=C\CF)c1nc(N(C)c2c3cc(N4CC5(CNC5)C4)cnc3nn2CC)sc1C#N.CCn1nc2ncc(N3CC4(CN(C(=O)[C@H]5CCOC5)C4)C3)cc2c1N(C)c1nc(-c2ccc(F)cc2)c(C#N)s1.O=C(O)[C@H]1CCOC1. The number of carboxylic acids is 1. The van der Waals surface area contributed by atoms with E-state index in [-0.39, 0.29) is 29.0 Å². The largest absolute Gasteiger partial charge is 0.481 e. The number of ether oxygens (including phenoxy) is 2. The molecule has 0 unspecified atom stereocenters. The molecule has 82 heavy (non-hydrogen) atoms. The Kier molecular flexibility index (Phi) is 15.8. The fraction of sp³-hybridized carbons (Fsp3) is 0.439. The molecule has 2 atom stereocenters. The Morgan fingerprint density at radius 3 is 1.83 bits per heavy atom. The molecule has 6 aliphatic heterocycles. The Hall–Kier alpha value is -7.94. The molecule has 12 heterocycles. The molecule has 6 saturated heterocycles. The van der Waals surface area contributed by atoms with E-state index < -0.39 is 12.6 Å². The summed E-state index contributed by atoms with van der Waals surface area (Å²) in [5.41, 5.74) is 6.21. The number of amides is 1. The highest BCUT2D eigenvalue weighted by Crippen LogP contribution is 2.45. The first-order valence-electron chi connectivity index (χ1n) is 27.2. The average Bonchev–Trinajstić information content (AvgIpc) is 3.93. The number of likely N-dealkylation sites (tertiary alicyclic amines) is 1. The molecule has 1 amide bonds. The molecule has 426 valence electrons. The molecule has 7 aromatic rings. The smallest absolute Gasteiger partial charge is 0.308 e. The maximum absolute atomic E-state index is 13.5. The Morgan fingerprint density at radius 1 is 0.817 bits per heavy atom. The molecule has 0 aliphatic carbocycles. The number of aryl methyl sites for hydroxylation is 2. The Balaban J connectivity index is 0.000000154. The van der Waals surface area contributed by atoms with Crippen LogP contribution >= 0.6 is 22.7 Å². The number of aliphatic carboxylic acids is 1. The van der Waals surface area contributed by atoms with Crippen LogP contribution in [0.2, 0.25) is 0 Å². The number of benzene rings is 1. The van der Waals surface area contributed by atoms with Crippen LogP contribution in [-0.2, 0) is 32.2 Å². The second-order valence-electron chi connectivity index (χ2n) is 21.7. The number of anilines is 6. The number of aromatic nitrogens is 8. The van der Waals surface area contributed by atoms with E-state index in [9.17, 15) is 28.9 Å². The number of rotatable bonds is 14. The van der Waals surface area contributed by atoms with Crippen LogP contribution in [0.5, 0.6) is 0 Å². The molecule has 6 aromatic heterocycles. The molecule has 0 bridgehead atoms. The van der Waals surface area contributed by atoms with E-state index >= 15 is 0 Å². The van der Waals surface area contributed by atoms with Gasteiger partial charge in [0.2, 0.25) is 5.91 Å². The summed E-state index contributed by atoms with van der Waals surface area (Å²) in [6.07, 6.45) is 8.18. The van der Waals surface area contributed by atoms with Gasteiger partial charge in [0.05, 0.1) is 59.6 Å². The number of pyridine rings is 2. The Bertz CT molecular complexity index is 3660. The van der Waals surface area contributed by atoms with Crippen molar-refractivity contribution in [2.45, 2.75) is 39.8 Å². The van der Waals surface area contributed by atoms with E-state index in [0.29, 0.717) is 105 Å². The zero-order valence-corrected chi connectivity index (χ0v) is 47.6. The number of hydrogen-bond donors (Lipinski definition) is 2. The van der Waals surface area contributed by atoms with Gasteiger partial charge < -0.3 is 44.4 Å². The first-order valence-corrected chi connectivity index (χ1v) is 28.9. The predicted molar refractivity (Wildman–Crippen MR) is 310 cm³/mol. The average molecular weight is 1150 g/mol. The van der Waals surface area contributed by atoms with Crippen molar-refractivity contribution < 1.29 is 33.0 Å². The molecule has 21 nitrogen and oxygen atoms in total. The zero-order chi connectivity index (χ0) is 57.5. The third-order valence-corrected chi connectivity index (χ3v) is 18.0. The van der Waals surface area contributed by atoms with E-state index in [1.54, 1.807) is 18.2 Å². The van der Waals surface area contributed by atoms with Gasteiger partial charge in [0.1, 0.15) is 57.4 Å². The molecular formula is C57H62F2N16O5S2. The lowest BCUT2D eigenvalue weighted by molar-refractivity contribution is -0.149. The molecule has 2 N–H and O–H groups in total. The van der Waals surface area contributed by atoms with Gasteiger partial charge in [0.25, 0.3) is 0 Å². The highest BCUT2D eigenvalue weighted by molar-refractivity contribution is 7.16. The van der Waals surface area contributed by atoms with Gasteiger partial charge in [-0.05, 0) is 68.7 Å². The number of hydrogen-bond acceptors (Lipinski definition) is 19. The van der Waals surface area contributed by atoms with Crippen LogP contribution in [0.4, 0.5) is 42.1 Å². The summed E-state index contributed by atoms with van der Waals surface area (Å²) in [5.74, 6) is 0.662. The quantitative estimate of drug-likeness (QED) is 0.0995. The van der Waals surface area contributed by atoms with Crippen LogP contribution < -0.4 is 24.9 Å². The molecule has 6 fully saturated rings. The number of nitriles is 2. The molecule has 0 saturated carbocycles. The van der Waals surface area contributed by atoms with Crippen molar-refractivity contribution in [1.82, 2.24) is 49.7 Å². The van der Waals surface area contributed by atoms with E-state index in [1.807, 2.05) is 64.4 Å². The highest BCUT2D eigenvalue weighted by atomic mass is 32.1. The van der Waals surface area contributed by atoms with Crippen LogP contribution in [0.1, 0.15) is 42.1 Å². The summed E-state index contributed by atoms with van der Waals surface area (Å²) in [6.45, 7) is 18.6. The van der Waals surface area contributed by atoms with Crippen LogP contribution in [0.3, 0.4) is 0 Å². The second-order valence-corrected chi connectivity index (χ2v) is 23.6. The van der Waals surface area contributed by atoms with Crippen molar-refractivity contribution in [3.05, 3.63) is 88.8 Å². The molecule has 1 aromatic carbocycles. The van der Waals surface area contributed by atoms with E-state index in [1.165, 1.54) is 40.9 Å². The third kappa shape index (κ3) is 10.7. The van der Waals surface area contributed by atoms with Gasteiger partial charge in [0, 0.05) is 109 Å². The van der Waals surface area contributed by atoms with Gasteiger partial charge in [-0.15, -0.1) is 0 Å². The lowest BCUT2D eigenvalue weighted by Crippen LogP contribution is -2.73. The van der Waals surface area contributed by atoms with Gasteiger partial charge in [-0.3, -0.25) is 9.59 Å². The maximum Gasteiger partial charge on any atom is 0.308 e. The molecule has 0 radical (unpaired) electrons. The molecular weight excluding hydrogens is 1090 g/mol. The van der Waals surface area contributed by atoms with Crippen molar-refractivity contribution in [1.29, 1.82) is 10.5 Å². The van der Waals surface area contributed by atoms with Crippen molar-refractivity contribution >= 4 is 95.5 Å². The lowest BCUT2D eigenvalue weighted by Gasteiger charge is -2.61. The van der Waals surface area contributed by atoms with E-state index in [0.717, 1.165) is 92.6 Å². The Labute approximate surface area is 480 Å². The van der Waals surface area contributed by atoms with Gasteiger partial charge in [-0.1, -0.05) is 41.4 Å². The van der Waals surface area contributed by atoms with Crippen molar-refractivity contribution in [3.8, 4) is 23.4 Å². The molecule has 2 spiro atoms. The molecule has 6 aliphatic rings. The fourth-order valence-corrected chi connectivity index (χ4v) is 13.1. The van der Waals surface area contributed by atoms with Crippen molar-refractivity contribution in [3.63, 3.8) is 0 Å². The number of alkyl halides is 1. The number of carbonyl (C=O) groups excluding carboxylic acids is 1. The number of fused-ring (bicyclic) bond motifs is 2. The molecule has 13 rings (SSSR count). The number of halogens is 2. The third-order valence-electron chi connectivity index (χ3n) is 15.9. The van der Waals surface area contributed by atoms with Gasteiger partial charge in [0.15, 0.2) is 21.6 Å². The van der Waals surface area contributed by atoms with Crippen LogP contribution in [0.15, 0.2) is 67.5 Å². The standard InChI is InChI=1S/C29H29FN8O2S.C23H25FN8S.C5H8O3/c1-3-38-26(35(2)28-33-24(23(11-31)41-28)18-4-6-20(30)7-5-18)22-10-21(12-32-25(22)34-38)36-14-29(15-36)16-37(17-29)27(39)19-8-9-40-13-19;1-4-32-21(30(3)22-28-19(18(9-25)33-22)15(2)6-5-7-24)17-8-16(10-27-20(17)29-32)31-13-23(14-31)11-26-12-23;6-5(7)4-1-2-8-3-4/h4-7,10,12,19H,3,8-9,13-17H2,1-2H3;5-6,8,10,26H,2,4,7,11-14H2,1,3H3;4H,1-3H2,(H,6,7)/b;6-5-;/t19-;;4-/m0.0/s1. The summed E-state index contributed by atoms with van der Waals surface area (Å²) < 4.78 is 40.1. The normalized spacial score (nSPS) is 19.1. The number of allylic oxidation sites excluding steroid dienone is 3. The minimum atomic E-state index is -0.734.